The van der Waals surface area contributed by atoms with Gasteiger partial charge in [-0.2, -0.15) is 10.2 Å². The molecule has 4 aromatic rings. The van der Waals surface area contributed by atoms with Crippen molar-refractivity contribution < 1.29 is 4.79 Å². The Bertz CT molecular complexity index is 1220. The van der Waals surface area contributed by atoms with Gasteiger partial charge in [0, 0.05) is 32.5 Å². The van der Waals surface area contributed by atoms with Gasteiger partial charge in [0.05, 0.1) is 41.1 Å². The van der Waals surface area contributed by atoms with E-state index in [4.69, 9.17) is 4.98 Å². The molecule has 0 atom stereocenters. The minimum Gasteiger partial charge on any atom is -0.330 e. The molecule has 30 heavy (non-hydrogen) atoms. The number of amides is 1. The van der Waals surface area contributed by atoms with Crippen LogP contribution in [0.5, 0.6) is 0 Å². The van der Waals surface area contributed by atoms with E-state index < -0.39 is 0 Å². The molecule has 0 bridgehead atoms. The Hall–Kier alpha value is -3.42. The third kappa shape index (κ3) is 3.38. The van der Waals surface area contributed by atoms with Crippen LogP contribution >= 0.6 is 0 Å². The summed E-state index contributed by atoms with van der Waals surface area (Å²) >= 11 is 0. The zero-order chi connectivity index (χ0) is 21.6. The van der Waals surface area contributed by atoms with E-state index in [1.54, 1.807) is 9.58 Å². The Labute approximate surface area is 175 Å². The lowest BCUT2D eigenvalue weighted by Gasteiger charge is -2.22. The van der Waals surface area contributed by atoms with Crippen molar-refractivity contribution in [1.29, 1.82) is 0 Å². The number of hydrogen-bond acceptors (Lipinski definition) is 4. The number of rotatable bonds is 5. The van der Waals surface area contributed by atoms with Crippen LogP contribution in [0.25, 0.3) is 11.0 Å². The molecule has 0 aliphatic heterocycles. The van der Waals surface area contributed by atoms with Gasteiger partial charge in [-0.25, -0.2) is 4.98 Å². The Morgan fingerprint density at radius 2 is 1.73 bits per heavy atom. The molecule has 1 aromatic carbocycles. The van der Waals surface area contributed by atoms with E-state index in [9.17, 15) is 4.79 Å². The van der Waals surface area contributed by atoms with Crippen LogP contribution in [-0.4, -0.2) is 39.9 Å². The maximum Gasteiger partial charge on any atom is 0.258 e. The van der Waals surface area contributed by atoms with Crippen LogP contribution in [0.1, 0.15) is 39.0 Å². The molecule has 0 fully saturated rings. The van der Waals surface area contributed by atoms with Crippen molar-refractivity contribution in [3.8, 4) is 0 Å². The van der Waals surface area contributed by atoms with Gasteiger partial charge in [-0.1, -0.05) is 12.1 Å². The monoisotopic (exact) mass is 405 g/mol. The molecule has 0 unspecified atom stereocenters. The zero-order valence-corrected chi connectivity index (χ0v) is 18.3. The second-order valence-electron chi connectivity index (χ2n) is 7.81. The SMILES string of the molecule is Cc1nn(C)c(C)c1C(=O)N(Cc1cc(C)n(C)n1)Cc1nc2ccccc2n1C. The summed E-state index contributed by atoms with van der Waals surface area (Å²) in [6.45, 7) is 6.58. The van der Waals surface area contributed by atoms with Crippen molar-refractivity contribution in [2.24, 2.45) is 21.1 Å². The summed E-state index contributed by atoms with van der Waals surface area (Å²) in [6, 6.07) is 10.0. The number of carbonyl (C=O) groups excluding carboxylic acids is 1. The Balaban J connectivity index is 1.74. The first-order valence-corrected chi connectivity index (χ1v) is 9.95. The first kappa shape index (κ1) is 19.9. The molecule has 0 radical (unpaired) electrons. The zero-order valence-electron chi connectivity index (χ0n) is 18.3. The standard InChI is InChI=1S/C22H27N7O/c1-14-11-17(25-27(14)5)12-29(22(30)21-15(2)24-28(6)16(21)3)13-20-23-18-9-7-8-10-19(18)26(20)4/h7-11H,12-13H2,1-6H3. The molecule has 0 saturated carbocycles. The smallest absolute Gasteiger partial charge is 0.258 e. The summed E-state index contributed by atoms with van der Waals surface area (Å²) in [7, 11) is 5.75. The van der Waals surface area contributed by atoms with Gasteiger partial charge in [-0.3, -0.25) is 14.2 Å². The van der Waals surface area contributed by atoms with Crippen LogP contribution in [0.4, 0.5) is 0 Å². The Morgan fingerprint density at radius 1 is 1.00 bits per heavy atom. The quantitative estimate of drug-likeness (QED) is 0.512. The van der Waals surface area contributed by atoms with Crippen LogP contribution in [0.15, 0.2) is 30.3 Å². The molecular formula is C22H27N7O. The van der Waals surface area contributed by atoms with Crippen molar-refractivity contribution in [2.75, 3.05) is 0 Å². The van der Waals surface area contributed by atoms with Gasteiger partial charge in [-0.15, -0.1) is 0 Å². The maximum absolute atomic E-state index is 13.6. The number of aryl methyl sites for hydroxylation is 5. The van der Waals surface area contributed by atoms with Gasteiger partial charge in [0.1, 0.15) is 5.82 Å². The van der Waals surface area contributed by atoms with Gasteiger partial charge in [0.15, 0.2) is 0 Å². The van der Waals surface area contributed by atoms with E-state index in [-0.39, 0.29) is 5.91 Å². The Kier molecular flexibility index (Phi) is 4.93. The fourth-order valence-electron chi connectivity index (χ4n) is 3.86. The fourth-order valence-corrected chi connectivity index (χ4v) is 3.86. The topological polar surface area (TPSA) is 73.8 Å². The van der Waals surface area contributed by atoms with E-state index in [0.29, 0.717) is 18.7 Å². The molecule has 0 aliphatic carbocycles. The highest BCUT2D eigenvalue weighted by molar-refractivity contribution is 5.96. The summed E-state index contributed by atoms with van der Waals surface area (Å²) in [6.07, 6.45) is 0. The lowest BCUT2D eigenvalue weighted by Crippen LogP contribution is -2.32. The second kappa shape index (κ2) is 7.44. The first-order valence-electron chi connectivity index (χ1n) is 9.95. The molecule has 0 aliphatic rings. The highest BCUT2D eigenvalue weighted by Crippen LogP contribution is 2.21. The van der Waals surface area contributed by atoms with Gasteiger partial charge in [-0.05, 0) is 39.0 Å². The summed E-state index contributed by atoms with van der Waals surface area (Å²) < 4.78 is 5.62. The lowest BCUT2D eigenvalue weighted by molar-refractivity contribution is 0.0720. The van der Waals surface area contributed by atoms with E-state index in [1.807, 2.05) is 81.5 Å². The first-order chi connectivity index (χ1) is 14.3. The molecule has 1 amide bonds. The van der Waals surface area contributed by atoms with Crippen LogP contribution in [-0.2, 0) is 34.2 Å². The fraction of sp³-hybridized carbons (Fsp3) is 0.364. The average molecular weight is 406 g/mol. The number of fused-ring (bicyclic) bond motifs is 1. The summed E-state index contributed by atoms with van der Waals surface area (Å²) in [5.74, 6) is 0.768. The molecule has 3 aromatic heterocycles. The van der Waals surface area contributed by atoms with Crippen LogP contribution < -0.4 is 0 Å². The lowest BCUT2D eigenvalue weighted by atomic mass is 10.1. The minimum atomic E-state index is -0.0616. The minimum absolute atomic E-state index is 0.0616. The largest absolute Gasteiger partial charge is 0.330 e. The number of carbonyl (C=O) groups is 1. The molecule has 0 N–H and O–H groups in total. The van der Waals surface area contributed by atoms with Crippen molar-refractivity contribution in [3.63, 3.8) is 0 Å². The number of imidazole rings is 1. The van der Waals surface area contributed by atoms with Gasteiger partial charge in [0.25, 0.3) is 5.91 Å². The molecule has 8 nitrogen and oxygen atoms in total. The molecule has 8 heteroatoms. The van der Waals surface area contributed by atoms with Crippen molar-refractivity contribution in [1.82, 2.24) is 34.0 Å². The van der Waals surface area contributed by atoms with Crippen LogP contribution in [0.2, 0.25) is 0 Å². The third-order valence-electron chi connectivity index (χ3n) is 5.74. The molecule has 0 saturated heterocycles. The van der Waals surface area contributed by atoms with Gasteiger partial charge < -0.3 is 9.47 Å². The number of aromatic nitrogens is 6. The van der Waals surface area contributed by atoms with E-state index in [0.717, 1.165) is 39.6 Å². The van der Waals surface area contributed by atoms with Gasteiger partial charge in [0.2, 0.25) is 0 Å². The molecule has 3 heterocycles. The predicted molar refractivity (Wildman–Crippen MR) is 115 cm³/mol. The maximum atomic E-state index is 13.6. The van der Waals surface area contributed by atoms with Crippen molar-refractivity contribution in [3.05, 3.63) is 64.5 Å². The van der Waals surface area contributed by atoms with Crippen molar-refractivity contribution >= 4 is 16.9 Å². The number of nitrogens with zero attached hydrogens (tertiary/aromatic N) is 7. The predicted octanol–water partition coefficient (Wildman–Crippen LogP) is 2.81. The number of hydrogen-bond donors (Lipinski definition) is 0. The summed E-state index contributed by atoms with van der Waals surface area (Å²) in [4.78, 5) is 20.2. The molecule has 4 rings (SSSR count). The second-order valence-corrected chi connectivity index (χ2v) is 7.81. The van der Waals surface area contributed by atoms with Crippen LogP contribution in [0, 0.1) is 20.8 Å². The van der Waals surface area contributed by atoms with Gasteiger partial charge >= 0.3 is 0 Å². The normalized spacial score (nSPS) is 11.4. The van der Waals surface area contributed by atoms with Crippen LogP contribution in [0.3, 0.4) is 0 Å². The Morgan fingerprint density at radius 3 is 2.33 bits per heavy atom. The summed E-state index contributed by atoms with van der Waals surface area (Å²) in [5.41, 5.74) is 6.09. The summed E-state index contributed by atoms with van der Waals surface area (Å²) in [5, 5.41) is 8.98. The van der Waals surface area contributed by atoms with Crippen molar-refractivity contribution in [2.45, 2.75) is 33.9 Å². The molecule has 0 spiro atoms. The van der Waals surface area contributed by atoms with E-state index in [2.05, 4.69) is 10.2 Å². The van der Waals surface area contributed by atoms with E-state index in [1.165, 1.54) is 0 Å². The molecule has 156 valence electrons. The molecular weight excluding hydrogens is 378 g/mol. The average Bonchev–Trinajstić information content (AvgIpc) is 3.28. The number of para-hydroxylation sites is 2. The van der Waals surface area contributed by atoms with E-state index >= 15 is 0 Å². The number of benzene rings is 1. The highest BCUT2D eigenvalue weighted by Gasteiger charge is 2.25. The highest BCUT2D eigenvalue weighted by atomic mass is 16.2. The third-order valence-corrected chi connectivity index (χ3v) is 5.74.